The van der Waals surface area contributed by atoms with Crippen LogP contribution in [0.5, 0.6) is 5.75 Å². The number of nitrogens with two attached hydrogens (primary N) is 1. The number of aryl methyl sites for hydroxylation is 1. The Kier molecular flexibility index (Phi) is 5.33. The van der Waals surface area contributed by atoms with E-state index in [1.165, 1.54) is 0 Å². The number of rotatable bonds is 5. The monoisotopic (exact) mass is 356 g/mol. The first-order valence-electron chi connectivity index (χ1n) is 8.27. The maximum absolute atomic E-state index is 12.0. The Labute approximate surface area is 150 Å². The molecule has 3 rings (SSSR count). The molecule has 1 aliphatic carbocycles. The van der Waals surface area contributed by atoms with Crippen molar-refractivity contribution in [1.82, 2.24) is 10.9 Å². The van der Waals surface area contributed by atoms with E-state index in [9.17, 15) is 9.59 Å². The van der Waals surface area contributed by atoms with Crippen LogP contribution >= 0.6 is 0 Å². The molecule has 1 aromatic heterocycles. The maximum Gasteiger partial charge on any atom is 0.301 e. The van der Waals surface area contributed by atoms with Crippen LogP contribution in [0.25, 0.3) is 0 Å². The van der Waals surface area contributed by atoms with Gasteiger partial charge in [0.15, 0.2) is 12.4 Å². The van der Waals surface area contributed by atoms with Crippen molar-refractivity contribution in [3.05, 3.63) is 53.0 Å². The highest BCUT2D eigenvalue weighted by atomic mass is 16.5. The number of fused-ring (bicyclic) bond motifs is 1. The summed E-state index contributed by atoms with van der Waals surface area (Å²) in [4.78, 5) is 23.8. The lowest BCUT2D eigenvalue weighted by Crippen LogP contribution is -2.30. The number of hydrogen-bond acceptors (Lipinski definition) is 6. The van der Waals surface area contributed by atoms with Crippen molar-refractivity contribution in [2.24, 2.45) is 10.9 Å². The molecule has 0 radical (unpaired) electrons. The van der Waals surface area contributed by atoms with Crippen LogP contribution in [0.1, 0.15) is 40.3 Å². The average molecular weight is 356 g/mol. The van der Waals surface area contributed by atoms with E-state index in [-0.39, 0.29) is 18.3 Å². The van der Waals surface area contributed by atoms with E-state index < -0.39 is 5.91 Å². The molecule has 0 fully saturated rings. The Bertz CT molecular complexity index is 842. The standard InChI is InChI=1S/C18H20N4O4/c1-11-16-13(8-5-9-14(16)26-17(11)18(24)20-19)21-22-15(23)10-25-12-6-3-2-4-7-12/h2-4,6-7H,5,8-10,19H2,1H3,(H,20,24)(H,22,23)/b21-13+. The topological polar surface area (TPSA) is 119 Å². The van der Waals surface area contributed by atoms with Gasteiger partial charge in [0.1, 0.15) is 11.5 Å². The van der Waals surface area contributed by atoms with E-state index in [1.54, 1.807) is 19.1 Å². The number of hydrazone groups is 1. The Hall–Kier alpha value is -3.13. The van der Waals surface area contributed by atoms with Crippen molar-refractivity contribution in [1.29, 1.82) is 0 Å². The predicted molar refractivity (Wildman–Crippen MR) is 94.7 cm³/mol. The molecular weight excluding hydrogens is 336 g/mol. The normalized spacial score (nSPS) is 14.6. The van der Waals surface area contributed by atoms with E-state index in [0.29, 0.717) is 35.6 Å². The van der Waals surface area contributed by atoms with Crippen molar-refractivity contribution < 1.29 is 18.7 Å². The van der Waals surface area contributed by atoms with Gasteiger partial charge in [-0.2, -0.15) is 5.10 Å². The fourth-order valence-corrected chi connectivity index (χ4v) is 2.89. The summed E-state index contributed by atoms with van der Waals surface area (Å²) in [7, 11) is 0. The molecule has 0 saturated heterocycles. The van der Waals surface area contributed by atoms with E-state index >= 15 is 0 Å². The lowest BCUT2D eigenvalue weighted by molar-refractivity contribution is -0.123. The summed E-state index contributed by atoms with van der Waals surface area (Å²) in [5.74, 6) is 5.79. The smallest absolute Gasteiger partial charge is 0.301 e. The van der Waals surface area contributed by atoms with Crippen LogP contribution in [0, 0.1) is 6.92 Å². The number of furan rings is 1. The minimum Gasteiger partial charge on any atom is -0.484 e. The van der Waals surface area contributed by atoms with E-state index in [4.69, 9.17) is 15.0 Å². The molecular formula is C18H20N4O4. The van der Waals surface area contributed by atoms with Gasteiger partial charge in [0.25, 0.3) is 5.91 Å². The number of nitrogen functional groups attached to an aromatic ring is 1. The third-order valence-corrected chi connectivity index (χ3v) is 4.09. The summed E-state index contributed by atoms with van der Waals surface area (Å²) in [5.41, 5.74) is 6.67. The molecule has 0 bridgehead atoms. The van der Waals surface area contributed by atoms with Crippen molar-refractivity contribution in [2.75, 3.05) is 6.61 Å². The first kappa shape index (κ1) is 17.7. The lowest BCUT2D eigenvalue weighted by Gasteiger charge is -2.13. The minimum absolute atomic E-state index is 0.140. The molecule has 2 aromatic rings. The molecule has 1 aliphatic rings. The number of hydrazine groups is 1. The van der Waals surface area contributed by atoms with Gasteiger partial charge in [-0.1, -0.05) is 18.2 Å². The molecule has 8 heteroatoms. The number of para-hydroxylation sites is 1. The fraction of sp³-hybridized carbons (Fsp3) is 0.278. The van der Waals surface area contributed by atoms with Crippen molar-refractivity contribution in [3.8, 4) is 5.75 Å². The number of hydrogen-bond donors (Lipinski definition) is 3. The molecule has 8 nitrogen and oxygen atoms in total. The van der Waals surface area contributed by atoms with Crippen LogP contribution in [-0.4, -0.2) is 24.1 Å². The Balaban J connectivity index is 1.69. The van der Waals surface area contributed by atoms with E-state index in [2.05, 4.69) is 16.0 Å². The van der Waals surface area contributed by atoms with Crippen LogP contribution in [0.15, 0.2) is 39.9 Å². The number of nitrogens with zero attached hydrogens (tertiary/aromatic N) is 1. The summed E-state index contributed by atoms with van der Waals surface area (Å²) >= 11 is 0. The number of ether oxygens (including phenoxy) is 1. The minimum atomic E-state index is -0.489. The molecule has 0 saturated carbocycles. The molecule has 0 atom stereocenters. The van der Waals surface area contributed by atoms with Crippen molar-refractivity contribution >= 4 is 17.5 Å². The summed E-state index contributed by atoms with van der Waals surface area (Å²) < 4.78 is 11.0. The molecule has 4 N–H and O–H groups in total. The second-order valence-electron chi connectivity index (χ2n) is 5.88. The molecule has 1 heterocycles. The third-order valence-electron chi connectivity index (χ3n) is 4.09. The van der Waals surface area contributed by atoms with Gasteiger partial charge in [-0.15, -0.1) is 0 Å². The predicted octanol–water partition coefficient (Wildman–Crippen LogP) is 1.43. The third kappa shape index (κ3) is 3.75. The molecule has 1 aromatic carbocycles. The van der Waals surface area contributed by atoms with Gasteiger partial charge in [0.2, 0.25) is 0 Å². The molecule has 0 spiro atoms. The van der Waals surface area contributed by atoms with Gasteiger partial charge in [-0.05, 0) is 31.9 Å². The Morgan fingerprint density at radius 2 is 2.04 bits per heavy atom. The van der Waals surface area contributed by atoms with Gasteiger partial charge in [-0.25, -0.2) is 11.3 Å². The van der Waals surface area contributed by atoms with Crippen LogP contribution in [-0.2, 0) is 11.2 Å². The second kappa shape index (κ2) is 7.83. The van der Waals surface area contributed by atoms with Gasteiger partial charge in [0, 0.05) is 17.5 Å². The molecule has 0 aliphatic heterocycles. The number of carbonyl (C=O) groups excluding carboxylic acids is 2. The number of amides is 2. The lowest BCUT2D eigenvalue weighted by atomic mass is 9.93. The van der Waals surface area contributed by atoms with Gasteiger partial charge in [-0.3, -0.25) is 15.0 Å². The number of benzene rings is 1. The largest absolute Gasteiger partial charge is 0.484 e. The van der Waals surface area contributed by atoms with E-state index in [0.717, 1.165) is 12.0 Å². The van der Waals surface area contributed by atoms with Crippen molar-refractivity contribution in [2.45, 2.75) is 26.2 Å². The van der Waals surface area contributed by atoms with E-state index in [1.807, 2.05) is 18.2 Å². The summed E-state index contributed by atoms with van der Waals surface area (Å²) in [5, 5.41) is 4.21. The Morgan fingerprint density at radius 1 is 1.27 bits per heavy atom. The number of carbonyl (C=O) groups is 2. The fourth-order valence-electron chi connectivity index (χ4n) is 2.89. The zero-order chi connectivity index (χ0) is 18.5. The van der Waals surface area contributed by atoms with Gasteiger partial charge >= 0.3 is 5.91 Å². The van der Waals surface area contributed by atoms with Crippen LogP contribution in [0.4, 0.5) is 0 Å². The quantitative estimate of drug-likeness (QED) is 0.425. The molecule has 2 amide bonds. The average Bonchev–Trinajstić information content (AvgIpc) is 3.02. The Morgan fingerprint density at radius 3 is 2.77 bits per heavy atom. The molecule has 26 heavy (non-hydrogen) atoms. The van der Waals surface area contributed by atoms with Crippen LogP contribution in [0.2, 0.25) is 0 Å². The van der Waals surface area contributed by atoms with Gasteiger partial charge in [0.05, 0.1) is 5.71 Å². The zero-order valence-corrected chi connectivity index (χ0v) is 14.4. The van der Waals surface area contributed by atoms with Crippen LogP contribution in [0.3, 0.4) is 0 Å². The zero-order valence-electron chi connectivity index (χ0n) is 14.4. The first-order chi connectivity index (χ1) is 12.6. The molecule has 0 unspecified atom stereocenters. The SMILES string of the molecule is Cc1c(C(=O)NN)oc2c1/C(=N/NC(=O)COc1ccccc1)CCC2. The highest BCUT2D eigenvalue weighted by Crippen LogP contribution is 2.29. The van der Waals surface area contributed by atoms with Gasteiger partial charge < -0.3 is 9.15 Å². The summed E-state index contributed by atoms with van der Waals surface area (Å²) in [6.45, 7) is 1.63. The summed E-state index contributed by atoms with van der Waals surface area (Å²) in [6, 6.07) is 9.06. The van der Waals surface area contributed by atoms with Crippen molar-refractivity contribution in [3.63, 3.8) is 0 Å². The highest BCUT2D eigenvalue weighted by molar-refractivity contribution is 6.06. The summed E-state index contributed by atoms with van der Waals surface area (Å²) in [6.07, 6.45) is 2.20. The maximum atomic E-state index is 12.0. The highest BCUT2D eigenvalue weighted by Gasteiger charge is 2.27. The van der Waals surface area contributed by atoms with Crippen LogP contribution < -0.4 is 21.4 Å². The first-order valence-corrected chi connectivity index (χ1v) is 8.27. The molecule has 136 valence electrons. The number of nitrogens with one attached hydrogen (secondary N) is 2. The second-order valence-corrected chi connectivity index (χ2v) is 5.88.